The molecule has 3 unspecified atom stereocenters. The van der Waals surface area contributed by atoms with Crippen LogP contribution in [-0.4, -0.2) is 30.1 Å². The molecule has 0 N–H and O–H groups in total. The summed E-state index contributed by atoms with van der Waals surface area (Å²) < 4.78 is 7.11. The molecule has 0 amide bonds. The van der Waals surface area contributed by atoms with E-state index in [0.29, 0.717) is 11.8 Å². The first-order valence-corrected chi connectivity index (χ1v) is 8.64. The molecule has 0 aromatic heterocycles. The normalized spacial score (nSPS) is 37.2. The van der Waals surface area contributed by atoms with Crippen molar-refractivity contribution >= 4 is 33.7 Å². The molecule has 2 aliphatic heterocycles. The largest absolute Gasteiger partial charge is 0.357 e. The van der Waals surface area contributed by atoms with E-state index in [4.69, 9.17) is 16.3 Å². The molecule has 2 heterocycles. The Labute approximate surface area is 132 Å². The minimum absolute atomic E-state index is 0.110. The highest BCUT2D eigenvalue weighted by Gasteiger charge is 2.43. The van der Waals surface area contributed by atoms with Crippen LogP contribution in [0.3, 0.4) is 0 Å². The zero-order chi connectivity index (χ0) is 13.7. The van der Waals surface area contributed by atoms with Crippen LogP contribution in [0, 0.1) is 11.8 Å². The molecule has 4 rings (SSSR count). The van der Waals surface area contributed by atoms with Gasteiger partial charge in [-0.25, -0.2) is 0 Å². The van der Waals surface area contributed by atoms with Crippen LogP contribution in [0.25, 0.3) is 0 Å². The first-order chi connectivity index (χ1) is 9.75. The number of nitrogens with zero attached hydrogens (tertiary/aromatic N) is 2. The highest BCUT2D eigenvalue weighted by molar-refractivity contribution is 9.11. The third-order valence-electron chi connectivity index (χ3n) is 4.59. The molecule has 1 saturated carbocycles. The lowest BCUT2D eigenvalue weighted by Crippen LogP contribution is -2.42. The lowest BCUT2D eigenvalue weighted by Gasteiger charge is -2.36. The molecule has 0 aromatic rings. The van der Waals surface area contributed by atoms with Crippen molar-refractivity contribution in [3.8, 4) is 0 Å². The molecule has 2 fully saturated rings. The van der Waals surface area contributed by atoms with E-state index in [1.807, 2.05) is 0 Å². The molecule has 4 aliphatic rings. The van der Waals surface area contributed by atoms with Gasteiger partial charge in [-0.15, -0.1) is 0 Å². The summed E-state index contributed by atoms with van der Waals surface area (Å²) in [6.45, 7) is 0.843. The summed E-state index contributed by atoms with van der Waals surface area (Å²) in [5.74, 6) is 0.959. The van der Waals surface area contributed by atoms with Crippen molar-refractivity contribution in [3.63, 3.8) is 0 Å². The highest BCUT2D eigenvalue weighted by Crippen LogP contribution is 2.50. The van der Waals surface area contributed by atoms with Crippen molar-refractivity contribution in [1.82, 2.24) is 5.01 Å². The fourth-order valence-electron chi connectivity index (χ4n) is 3.37. The van der Waals surface area contributed by atoms with Crippen LogP contribution < -0.4 is 0 Å². The third-order valence-corrected chi connectivity index (χ3v) is 5.88. The van der Waals surface area contributed by atoms with Crippen LogP contribution in [0.2, 0.25) is 0 Å². The predicted octanol–water partition coefficient (Wildman–Crippen LogP) is 3.99. The minimum atomic E-state index is 0.110. The van der Waals surface area contributed by atoms with Gasteiger partial charge < -0.3 is 4.74 Å². The van der Waals surface area contributed by atoms with Gasteiger partial charge in [0.15, 0.2) is 0 Å². The molecule has 0 spiro atoms. The summed E-state index contributed by atoms with van der Waals surface area (Å²) in [5.41, 5.74) is 1.31. The molecule has 20 heavy (non-hydrogen) atoms. The van der Waals surface area contributed by atoms with Gasteiger partial charge in [0.1, 0.15) is 6.23 Å². The standard InChI is InChI=1S/C15H18BrClN2O/c16-15-10-8-18-19(13-3-1-2-6-20-13)12(10)7-11(17)14(15)9-4-5-9/h7-10,12-13H,1-6H2. The van der Waals surface area contributed by atoms with Crippen LogP contribution in [0.15, 0.2) is 26.3 Å². The van der Waals surface area contributed by atoms with E-state index < -0.39 is 0 Å². The van der Waals surface area contributed by atoms with Gasteiger partial charge in [-0.2, -0.15) is 5.10 Å². The number of hydrazone groups is 1. The van der Waals surface area contributed by atoms with Crippen LogP contribution in [0.5, 0.6) is 0 Å². The fourth-order valence-corrected chi connectivity index (χ4v) is 4.79. The topological polar surface area (TPSA) is 24.8 Å². The Balaban J connectivity index is 1.60. The first kappa shape index (κ1) is 13.4. The smallest absolute Gasteiger partial charge is 0.146 e. The van der Waals surface area contributed by atoms with E-state index in [0.717, 1.165) is 24.5 Å². The second kappa shape index (κ2) is 5.15. The van der Waals surface area contributed by atoms with Gasteiger partial charge in [0, 0.05) is 22.3 Å². The van der Waals surface area contributed by atoms with Crippen molar-refractivity contribution in [3.05, 3.63) is 21.2 Å². The van der Waals surface area contributed by atoms with Gasteiger partial charge in [0.25, 0.3) is 0 Å². The third kappa shape index (κ3) is 2.16. The van der Waals surface area contributed by atoms with Gasteiger partial charge >= 0.3 is 0 Å². The molecule has 1 saturated heterocycles. The van der Waals surface area contributed by atoms with Crippen LogP contribution >= 0.6 is 27.5 Å². The van der Waals surface area contributed by atoms with E-state index >= 15 is 0 Å². The van der Waals surface area contributed by atoms with Gasteiger partial charge in [-0.3, -0.25) is 5.01 Å². The average molecular weight is 358 g/mol. The second-order valence-electron chi connectivity index (χ2n) is 6.03. The van der Waals surface area contributed by atoms with Gasteiger partial charge in [-0.05, 0) is 49.7 Å². The molecule has 0 bridgehead atoms. The molecular formula is C15H18BrClN2O. The maximum Gasteiger partial charge on any atom is 0.146 e. The number of rotatable bonds is 2. The maximum atomic E-state index is 6.53. The number of ether oxygens (including phenoxy) is 1. The van der Waals surface area contributed by atoms with E-state index in [9.17, 15) is 0 Å². The number of fused-ring (bicyclic) bond motifs is 1. The van der Waals surface area contributed by atoms with Gasteiger partial charge in [0.2, 0.25) is 0 Å². The van der Waals surface area contributed by atoms with Crippen LogP contribution in [-0.2, 0) is 4.74 Å². The second-order valence-corrected chi connectivity index (χ2v) is 7.29. The van der Waals surface area contributed by atoms with E-state index in [2.05, 4.69) is 38.3 Å². The van der Waals surface area contributed by atoms with Crippen LogP contribution in [0.1, 0.15) is 32.1 Å². The van der Waals surface area contributed by atoms with Crippen molar-refractivity contribution in [2.75, 3.05) is 6.61 Å². The lowest BCUT2D eigenvalue weighted by atomic mass is 9.90. The first-order valence-electron chi connectivity index (χ1n) is 7.47. The number of hydrogen-bond donors (Lipinski definition) is 0. The zero-order valence-electron chi connectivity index (χ0n) is 11.3. The molecule has 0 aromatic carbocycles. The van der Waals surface area contributed by atoms with Crippen molar-refractivity contribution in [2.45, 2.75) is 44.4 Å². The Morgan fingerprint density at radius 1 is 1.30 bits per heavy atom. The Hall–Kier alpha value is -0.320. The number of halogens is 2. The maximum absolute atomic E-state index is 6.53. The minimum Gasteiger partial charge on any atom is -0.357 e. The van der Waals surface area contributed by atoms with Gasteiger partial charge in [0.05, 0.1) is 12.0 Å². The Morgan fingerprint density at radius 2 is 2.15 bits per heavy atom. The Morgan fingerprint density at radius 3 is 2.85 bits per heavy atom. The van der Waals surface area contributed by atoms with Gasteiger partial charge in [-0.1, -0.05) is 27.5 Å². The van der Waals surface area contributed by atoms with E-state index in [1.165, 1.54) is 29.3 Å². The summed E-state index contributed by atoms with van der Waals surface area (Å²) in [6, 6.07) is 0.211. The SMILES string of the molecule is ClC1=CC2C(C=NN2C2CCCCO2)C(Br)=C1C1CC1. The molecule has 0 radical (unpaired) electrons. The van der Waals surface area contributed by atoms with Crippen molar-refractivity contribution in [1.29, 1.82) is 0 Å². The summed E-state index contributed by atoms with van der Waals surface area (Å²) in [7, 11) is 0. The molecular weight excluding hydrogens is 340 g/mol. The Kier molecular flexibility index (Phi) is 3.44. The van der Waals surface area contributed by atoms with E-state index in [-0.39, 0.29) is 12.3 Å². The molecule has 3 nitrogen and oxygen atoms in total. The molecule has 2 aliphatic carbocycles. The molecule has 108 valence electrons. The quantitative estimate of drug-likeness (QED) is 0.746. The number of hydrogen-bond acceptors (Lipinski definition) is 3. The summed E-state index contributed by atoms with van der Waals surface area (Å²) >= 11 is 10.3. The Bertz CT molecular complexity index is 506. The highest BCUT2D eigenvalue weighted by atomic mass is 79.9. The zero-order valence-corrected chi connectivity index (χ0v) is 13.6. The number of allylic oxidation sites excluding steroid dienone is 2. The average Bonchev–Trinajstić information content (AvgIpc) is 3.19. The predicted molar refractivity (Wildman–Crippen MR) is 83.8 cm³/mol. The fraction of sp³-hybridized carbons (Fsp3) is 0.667. The monoisotopic (exact) mass is 356 g/mol. The van der Waals surface area contributed by atoms with Crippen molar-refractivity contribution in [2.24, 2.45) is 16.9 Å². The molecule has 5 heteroatoms. The summed E-state index contributed by atoms with van der Waals surface area (Å²) in [5, 5.41) is 7.64. The van der Waals surface area contributed by atoms with E-state index in [1.54, 1.807) is 0 Å². The van der Waals surface area contributed by atoms with Crippen LogP contribution in [0.4, 0.5) is 0 Å². The van der Waals surface area contributed by atoms with Crippen molar-refractivity contribution < 1.29 is 4.74 Å². The summed E-state index contributed by atoms with van der Waals surface area (Å²) in [6.07, 6.45) is 10.3. The lowest BCUT2D eigenvalue weighted by molar-refractivity contribution is -0.0930. The molecule has 3 atom stereocenters. The summed E-state index contributed by atoms with van der Waals surface area (Å²) in [4.78, 5) is 0.